The Balaban J connectivity index is 2.46. The quantitative estimate of drug-likeness (QED) is 0.868. The van der Waals surface area contributed by atoms with Gasteiger partial charge in [-0.3, -0.25) is 0 Å². The van der Waals surface area contributed by atoms with E-state index in [0.717, 1.165) is 0 Å². The maximum Gasteiger partial charge on any atom is 0.380 e. The van der Waals surface area contributed by atoms with Crippen LogP contribution >= 0.6 is 11.8 Å². The van der Waals surface area contributed by atoms with Gasteiger partial charge in [0.15, 0.2) is 5.60 Å². The Kier molecular flexibility index (Phi) is 3.82. The standard InChI is InChI=1S/C13H14F2O3S/c1-2-18-11(16)13(14,15)12(17)7-8-19-10-6-4-3-5-9(10)12/h3-6,17H,2,7-8H2,1H3. The van der Waals surface area contributed by atoms with Gasteiger partial charge < -0.3 is 9.84 Å². The van der Waals surface area contributed by atoms with Crippen LogP contribution in [-0.2, 0) is 15.1 Å². The van der Waals surface area contributed by atoms with E-state index in [1.807, 2.05) is 0 Å². The van der Waals surface area contributed by atoms with Gasteiger partial charge in [0.1, 0.15) is 0 Å². The van der Waals surface area contributed by atoms with Crippen LogP contribution in [0.15, 0.2) is 29.2 Å². The van der Waals surface area contributed by atoms with Gasteiger partial charge in [0.25, 0.3) is 0 Å². The number of hydrogen-bond acceptors (Lipinski definition) is 4. The van der Waals surface area contributed by atoms with E-state index in [0.29, 0.717) is 10.6 Å². The summed E-state index contributed by atoms with van der Waals surface area (Å²) in [6.45, 7) is 1.30. The first-order valence-electron chi connectivity index (χ1n) is 5.93. The van der Waals surface area contributed by atoms with Gasteiger partial charge in [0.05, 0.1) is 6.61 Å². The van der Waals surface area contributed by atoms with Crippen molar-refractivity contribution in [2.24, 2.45) is 0 Å². The maximum atomic E-state index is 14.2. The lowest BCUT2D eigenvalue weighted by atomic mass is 9.84. The summed E-state index contributed by atoms with van der Waals surface area (Å²) in [6.07, 6.45) is -0.194. The molecule has 0 aromatic heterocycles. The number of benzene rings is 1. The third-order valence-electron chi connectivity index (χ3n) is 3.11. The van der Waals surface area contributed by atoms with Gasteiger partial charge in [-0.15, -0.1) is 11.8 Å². The number of halogens is 2. The molecule has 1 aliphatic heterocycles. The molecular weight excluding hydrogens is 274 g/mol. The van der Waals surface area contributed by atoms with E-state index in [2.05, 4.69) is 4.74 Å². The van der Waals surface area contributed by atoms with Gasteiger partial charge in [0.2, 0.25) is 0 Å². The molecule has 1 atom stereocenters. The first-order chi connectivity index (χ1) is 8.93. The van der Waals surface area contributed by atoms with Crippen molar-refractivity contribution in [3.63, 3.8) is 0 Å². The van der Waals surface area contributed by atoms with Crippen molar-refractivity contribution in [3.8, 4) is 0 Å². The number of hydrogen-bond donors (Lipinski definition) is 1. The summed E-state index contributed by atoms with van der Waals surface area (Å²) in [5.74, 6) is -5.32. The van der Waals surface area contributed by atoms with E-state index in [4.69, 9.17) is 0 Å². The summed E-state index contributed by atoms with van der Waals surface area (Å²) >= 11 is 1.39. The lowest BCUT2D eigenvalue weighted by Gasteiger charge is -2.38. The van der Waals surface area contributed by atoms with Crippen LogP contribution in [0.25, 0.3) is 0 Å². The van der Waals surface area contributed by atoms with Crippen LogP contribution in [0, 0.1) is 0 Å². The number of fused-ring (bicyclic) bond motifs is 1. The lowest BCUT2D eigenvalue weighted by Crippen LogP contribution is -2.53. The SMILES string of the molecule is CCOC(=O)C(F)(F)C1(O)CCSc2ccccc21. The summed E-state index contributed by atoms with van der Waals surface area (Å²) in [5, 5.41) is 10.4. The number of rotatable bonds is 3. The van der Waals surface area contributed by atoms with Crippen LogP contribution in [0.4, 0.5) is 8.78 Å². The third-order valence-corrected chi connectivity index (χ3v) is 4.18. The molecule has 0 aliphatic carbocycles. The van der Waals surface area contributed by atoms with Crippen LogP contribution in [0.2, 0.25) is 0 Å². The summed E-state index contributed by atoms with van der Waals surface area (Å²) in [4.78, 5) is 12.0. The van der Waals surface area contributed by atoms with E-state index in [9.17, 15) is 18.7 Å². The van der Waals surface area contributed by atoms with Crippen molar-refractivity contribution >= 4 is 17.7 Å². The molecule has 0 radical (unpaired) electrons. The topological polar surface area (TPSA) is 46.5 Å². The number of thioether (sulfide) groups is 1. The molecule has 0 bridgehead atoms. The highest BCUT2D eigenvalue weighted by atomic mass is 32.2. The van der Waals surface area contributed by atoms with E-state index < -0.39 is 17.5 Å². The molecule has 0 saturated carbocycles. The molecule has 1 unspecified atom stereocenters. The largest absolute Gasteiger partial charge is 0.461 e. The molecule has 0 amide bonds. The van der Waals surface area contributed by atoms with Crippen molar-refractivity contribution in [3.05, 3.63) is 29.8 Å². The molecule has 1 aliphatic rings. The highest BCUT2D eigenvalue weighted by molar-refractivity contribution is 7.99. The first-order valence-corrected chi connectivity index (χ1v) is 6.91. The summed E-state index contributed by atoms with van der Waals surface area (Å²) in [5.41, 5.74) is -2.41. The highest BCUT2D eigenvalue weighted by Crippen LogP contribution is 2.48. The Morgan fingerprint density at radius 3 is 2.89 bits per heavy atom. The summed E-state index contributed by atoms with van der Waals surface area (Å²) in [6, 6.07) is 6.36. The van der Waals surface area contributed by atoms with Crippen molar-refractivity contribution in [1.82, 2.24) is 0 Å². The fourth-order valence-electron chi connectivity index (χ4n) is 2.09. The normalized spacial score (nSPS) is 22.7. The van der Waals surface area contributed by atoms with Crippen LogP contribution < -0.4 is 0 Å². The van der Waals surface area contributed by atoms with Crippen LogP contribution in [0.3, 0.4) is 0 Å². The second-order valence-electron chi connectivity index (χ2n) is 4.25. The molecule has 0 fully saturated rings. The van der Waals surface area contributed by atoms with E-state index >= 15 is 0 Å². The fourth-order valence-corrected chi connectivity index (χ4v) is 3.28. The average molecular weight is 288 g/mol. The number of ether oxygens (including phenoxy) is 1. The van der Waals surface area contributed by atoms with E-state index in [1.165, 1.54) is 24.8 Å². The minimum Gasteiger partial charge on any atom is -0.461 e. The second-order valence-corrected chi connectivity index (χ2v) is 5.39. The Labute approximate surface area is 114 Å². The minimum absolute atomic E-state index is 0.0873. The smallest absolute Gasteiger partial charge is 0.380 e. The van der Waals surface area contributed by atoms with Gasteiger partial charge in [-0.2, -0.15) is 8.78 Å². The Hall–Kier alpha value is -1.14. The average Bonchev–Trinajstić information content (AvgIpc) is 2.39. The maximum absolute atomic E-state index is 14.2. The fraction of sp³-hybridized carbons (Fsp3) is 0.462. The van der Waals surface area contributed by atoms with Gasteiger partial charge in [-0.05, 0) is 19.4 Å². The molecule has 19 heavy (non-hydrogen) atoms. The molecule has 1 aromatic carbocycles. The van der Waals surface area contributed by atoms with Gasteiger partial charge in [-0.25, -0.2) is 4.79 Å². The number of carbonyl (C=O) groups excluding carboxylic acids is 1. The van der Waals surface area contributed by atoms with Crippen molar-refractivity contribution in [2.75, 3.05) is 12.4 Å². The molecule has 104 valence electrons. The monoisotopic (exact) mass is 288 g/mol. The Morgan fingerprint density at radius 1 is 1.53 bits per heavy atom. The Morgan fingerprint density at radius 2 is 2.21 bits per heavy atom. The van der Waals surface area contributed by atoms with Crippen LogP contribution in [0.5, 0.6) is 0 Å². The molecule has 6 heteroatoms. The molecule has 0 spiro atoms. The zero-order valence-corrected chi connectivity index (χ0v) is 11.2. The molecule has 1 heterocycles. The number of alkyl halides is 2. The molecule has 1 N–H and O–H groups in total. The Bertz CT molecular complexity index is 493. The lowest BCUT2D eigenvalue weighted by molar-refractivity contribution is -0.218. The number of carbonyl (C=O) groups is 1. The van der Waals surface area contributed by atoms with Gasteiger partial charge in [0, 0.05) is 16.2 Å². The van der Waals surface area contributed by atoms with E-state index in [1.54, 1.807) is 18.2 Å². The minimum atomic E-state index is -3.96. The summed E-state index contributed by atoms with van der Waals surface area (Å²) in [7, 11) is 0. The van der Waals surface area contributed by atoms with Gasteiger partial charge >= 0.3 is 11.9 Å². The highest BCUT2D eigenvalue weighted by Gasteiger charge is 2.61. The van der Waals surface area contributed by atoms with Gasteiger partial charge in [-0.1, -0.05) is 18.2 Å². The van der Waals surface area contributed by atoms with Crippen LogP contribution in [-0.4, -0.2) is 29.4 Å². The molecule has 0 saturated heterocycles. The second kappa shape index (κ2) is 5.09. The van der Waals surface area contributed by atoms with Crippen molar-refractivity contribution in [1.29, 1.82) is 0 Å². The molecule has 2 rings (SSSR count). The zero-order valence-electron chi connectivity index (χ0n) is 10.4. The van der Waals surface area contributed by atoms with Crippen molar-refractivity contribution in [2.45, 2.75) is 29.8 Å². The van der Waals surface area contributed by atoms with Crippen LogP contribution in [0.1, 0.15) is 18.9 Å². The number of aliphatic hydroxyl groups is 1. The molecule has 3 nitrogen and oxygen atoms in total. The predicted molar refractivity (Wildman–Crippen MR) is 67.3 cm³/mol. The third kappa shape index (κ3) is 2.23. The van der Waals surface area contributed by atoms with E-state index in [-0.39, 0.29) is 18.6 Å². The first kappa shape index (κ1) is 14.3. The molecular formula is C13H14F2O3S. The molecule has 1 aromatic rings. The number of esters is 1. The van der Waals surface area contributed by atoms with Crippen molar-refractivity contribution < 1.29 is 23.4 Å². The zero-order chi connectivity index (χ0) is 14.1. The summed E-state index contributed by atoms with van der Waals surface area (Å²) < 4.78 is 32.8. The predicted octanol–water partition coefficient (Wildman–Crippen LogP) is 2.57.